The van der Waals surface area contributed by atoms with E-state index in [0.717, 1.165) is 0 Å². The Bertz CT molecular complexity index is 451. The molecule has 0 fully saturated rings. The molecule has 0 saturated heterocycles. The Morgan fingerprint density at radius 2 is 1.45 bits per heavy atom. The summed E-state index contributed by atoms with van der Waals surface area (Å²) in [4.78, 5) is 0. The average molecular weight is 481 g/mol. The largest absolute Gasteiger partial charge is 0.455 e. The zero-order valence-electron chi connectivity index (χ0n) is 16.6. The molecule has 29 heavy (non-hydrogen) atoms. The van der Waals surface area contributed by atoms with Crippen LogP contribution in [-0.2, 0) is 18.0 Å². The minimum Gasteiger partial charge on any atom is -0.439 e. The van der Waals surface area contributed by atoms with E-state index < -0.39 is 55.5 Å². The van der Waals surface area contributed by atoms with E-state index in [4.69, 9.17) is 13.3 Å². The van der Waals surface area contributed by atoms with Gasteiger partial charge in [-0.3, -0.25) is 0 Å². The molecule has 0 N–H and O–H groups in total. The zero-order valence-corrected chi connectivity index (χ0v) is 18.8. The molecular weight excluding hydrogens is 452 g/mol. The first-order valence-corrected chi connectivity index (χ1v) is 14.0. The predicted octanol–water partition coefficient (Wildman–Crippen LogP) is 5.04. The SMILES string of the molecule is CO[Si](C)(CCCOCC(F)(F)C(F)(F)F)O[SiH](C)CCCOCCC(F)(F)F. The number of alkyl halides is 8. The molecule has 0 spiro atoms. The molecule has 0 rings (SSSR count). The summed E-state index contributed by atoms with van der Waals surface area (Å²) in [6.45, 7) is 1.41. The van der Waals surface area contributed by atoms with Crippen LogP contribution in [0, 0.1) is 0 Å². The third kappa shape index (κ3) is 13.6. The average Bonchev–Trinajstić information content (AvgIpc) is 2.55. The fourth-order valence-electron chi connectivity index (χ4n) is 2.23. The fourth-order valence-corrected chi connectivity index (χ4v) is 8.70. The van der Waals surface area contributed by atoms with Crippen LogP contribution in [0.5, 0.6) is 0 Å². The minimum atomic E-state index is -5.65. The zero-order chi connectivity index (χ0) is 22.8. The van der Waals surface area contributed by atoms with Gasteiger partial charge in [0.25, 0.3) is 0 Å². The summed E-state index contributed by atoms with van der Waals surface area (Å²) in [5.41, 5.74) is 0. The summed E-state index contributed by atoms with van der Waals surface area (Å²) in [5, 5.41) is 0. The molecular formula is C15H28F8O4Si2. The third-order valence-corrected chi connectivity index (χ3v) is 10.9. The molecule has 0 aromatic carbocycles. The van der Waals surface area contributed by atoms with Gasteiger partial charge in [-0.05, 0) is 38.0 Å². The van der Waals surface area contributed by atoms with Crippen molar-refractivity contribution in [2.45, 2.75) is 62.7 Å². The highest BCUT2D eigenvalue weighted by Crippen LogP contribution is 2.35. The van der Waals surface area contributed by atoms with Gasteiger partial charge < -0.3 is 18.0 Å². The van der Waals surface area contributed by atoms with Crippen molar-refractivity contribution in [2.24, 2.45) is 0 Å². The normalized spacial score (nSPS) is 16.7. The van der Waals surface area contributed by atoms with Crippen molar-refractivity contribution in [1.29, 1.82) is 0 Å². The molecule has 0 saturated carbocycles. The Labute approximate surface area is 167 Å². The fraction of sp³-hybridized carbons (Fsp3) is 1.00. The summed E-state index contributed by atoms with van der Waals surface area (Å²) in [5.74, 6) is -4.89. The van der Waals surface area contributed by atoms with E-state index in [2.05, 4.69) is 4.74 Å². The molecule has 0 heterocycles. The van der Waals surface area contributed by atoms with E-state index in [9.17, 15) is 35.1 Å². The van der Waals surface area contributed by atoms with Crippen molar-refractivity contribution >= 4 is 17.6 Å². The smallest absolute Gasteiger partial charge is 0.439 e. The second-order valence-electron chi connectivity index (χ2n) is 6.74. The Hall–Kier alpha value is -0.286. The molecule has 2 atom stereocenters. The highest BCUT2D eigenvalue weighted by molar-refractivity contribution is 6.74. The van der Waals surface area contributed by atoms with Crippen LogP contribution in [0.25, 0.3) is 0 Å². The van der Waals surface area contributed by atoms with Crippen LogP contribution in [0.15, 0.2) is 0 Å². The first-order valence-electron chi connectivity index (χ1n) is 9.02. The van der Waals surface area contributed by atoms with E-state index in [1.807, 2.05) is 6.55 Å². The van der Waals surface area contributed by atoms with Crippen LogP contribution in [-0.4, -0.2) is 69.4 Å². The Morgan fingerprint density at radius 1 is 0.862 bits per heavy atom. The lowest BCUT2D eigenvalue weighted by molar-refractivity contribution is -0.296. The molecule has 0 bridgehead atoms. The van der Waals surface area contributed by atoms with Crippen LogP contribution >= 0.6 is 0 Å². The second kappa shape index (κ2) is 12.5. The number of rotatable bonds is 15. The van der Waals surface area contributed by atoms with Crippen molar-refractivity contribution in [2.75, 3.05) is 33.5 Å². The Balaban J connectivity index is 4.06. The van der Waals surface area contributed by atoms with Gasteiger partial charge in [0.05, 0.1) is 13.0 Å². The van der Waals surface area contributed by atoms with Crippen molar-refractivity contribution in [3.63, 3.8) is 0 Å². The van der Waals surface area contributed by atoms with Crippen molar-refractivity contribution in [3.05, 3.63) is 0 Å². The lowest BCUT2D eigenvalue weighted by atomic mass is 10.3. The van der Waals surface area contributed by atoms with Gasteiger partial charge >= 0.3 is 26.8 Å². The molecule has 176 valence electrons. The van der Waals surface area contributed by atoms with Crippen LogP contribution in [0.4, 0.5) is 35.1 Å². The Morgan fingerprint density at radius 3 is 1.97 bits per heavy atom. The van der Waals surface area contributed by atoms with Gasteiger partial charge in [0, 0.05) is 20.3 Å². The highest BCUT2D eigenvalue weighted by Gasteiger charge is 2.57. The van der Waals surface area contributed by atoms with E-state index >= 15 is 0 Å². The van der Waals surface area contributed by atoms with Crippen molar-refractivity contribution in [1.82, 2.24) is 0 Å². The molecule has 14 heteroatoms. The van der Waals surface area contributed by atoms with E-state index in [1.165, 1.54) is 7.11 Å². The van der Waals surface area contributed by atoms with Gasteiger partial charge in [-0.1, -0.05) is 0 Å². The molecule has 0 radical (unpaired) electrons. The molecule has 0 aliphatic carbocycles. The molecule has 0 aliphatic rings. The predicted molar refractivity (Wildman–Crippen MR) is 94.9 cm³/mol. The highest BCUT2D eigenvalue weighted by atomic mass is 28.4. The Kier molecular flexibility index (Phi) is 12.4. The van der Waals surface area contributed by atoms with Gasteiger partial charge in [-0.15, -0.1) is 0 Å². The number of halogens is 8. The maximum atomic E-state index is 12.7. The van der Waals surface area contributed by atoms with Gasteiger partial charge in [-0.25, -0.2) is 0 Å². The first kappa shape index (κ1) is 28.7. The lowest BCUT2D eigenvalue weighted by Gasteiger charge is -2.29. The quantitative estimate of drug-likeness (QED) is 0.187. The standard InChI is InChI=1S/C15H28F8O4Si2/c1-24-29(3,11-5-8-26-12-13(16,17)15(21,22)23)27-28(2)10-4-7-25-9-6-14(18,19)20/h28H,4-12H2,1-3H3. The van der Waals surface area contributed by atoms with Gasteiger partial charge in [0.1, 0.15) is 6.61 Å². The summed E-state index contributed by atoms with van der Waals surface area (Å²) in [6.07, 6.45) is -10.2. The van der Waals surface area contributed by atoms with E-state index in [1.54, 1.807) is 6.55 Å². The lowest BCUT2D eigenvalue weighted by Crippen LogP contribution is -2.42. The van der Waals surface area contributed by atoms with Gasteiger partial charge in [0.2, 0.25) is 0 Å². The summed E-state index contributed by atoms with van der Waals surface area (Å²) in [7, 11) is -2.91. The number of hydrogen-bond acceptors (Lipinski definition) is 4. The van der Waals surface area contributed by atoms with Crippen LogP contribution < -0.4 is 0 Å². The third-order valence-electron chi connectivity index (χ3n) is 3.93. The van der Waals surface area contributed by atoms with Gasteiger partial charge in [-0.2, -0.15) is 35.1 Å². The van der Waals surface area contributed by atoms with Crippen LogP contribution in [0.2, 0.25) is 25.2 Å². The van der Waals surface area contributed by atoms with E-state index in [0.29, 0.717) is 18.5 Å². The summed E-state index contributed by atoms with van der Waals surface area (Å²) in [6, 6.07) is 0.993. The molecule has 2 unspecified atom stereocenters. The molecule has 0 aromatic heterocycles. The summed E-state index contributed by atoms with van der Waals surface area (Å²) >= 11 is 0. The first-order chi connectivity index (χ1) is 13.1. The van der Waals surface area contributed by atoms with Crippen molar-refractivity contribution in [3.8, 4) is 0 Å². The molecule has 4 nitrogen and oxygen atoms in total. The molecule has 0 amide bonds. The topological polar surface area (TPSA) is 36.9 Å². The maximum absolute atomic E-state index is 12.7. The molecule has 0 aromatic rings. The minimum absolute atomic E-state index is 0.184. The van der Waals surface area contributed by atoms with E-state index in [-0.39, 0.29) is 19.6 Å². The number of ether oxygens (including phenoxy) is 2. The maximum Gasteiger partial charge on any atom is 0.455 e. The summed E-state index contributed by atoms with van der Waals surface area (Å²) < 4.78 is 118. The number of hydrogen-bond donors (Lipinski definition) is 0. The van der Waals surface area contributed by atoms with Crippen LogP contribution in [0.3, 0.4) is 0 Å². The second-order valence-corrected chi connectivity index (χ2v) is 13.1. The molecule has 0 aliphatic heterocycles. The van der Waals surface area contributed by atoms with Crippen LogP contribution in [0.1, 0.15) is 19.3 Å². The monoisotopic (exact) mass is 480 g/mol. The van der Waals surface area contributed by atoms with Gasteiger partial charge in [0.15, 0.2) is 9.04 Å². The van der Waals surface area contributed by atoms with Crippen molar-refractivity contribution < 1.29 is 53.1 Å².